The van der Waals surface area contributed by atoms with Gasteiger partial charge in [-0.3, -0.25) is 19.2 Å². The number of carbonyl (C=O) groups excluding carboxylic acids is 4. The van der Waals surface area contributed by atoms with E-state index in [9.17, 15) is 19.2 Å². The lowest BCUT2D eigenvalue weighted by Crippen LogP contribution is -2.65. The molecule has 1 fully saturated rings. The highest BCUT2D eigenvalue weighted by Crippen LogP contribution is 2.26. The Morgan fingerprint density at radius 3 is 1.79 bits per heavy atom. The third-order valence-electron chi connectivity index (χ3n) is 3.03. The molecule has 1 heterocycles. The minimum atomic E-state index is -1.26. The van der Waals surface area contributed by atoms with Gasteiger partial charge in [0.25, 0.3) is 0 Å². The van der Waals surface area contributed by atoms with Crippen LogP contribution in [-0.4, -0.2) is 61.1 Å². The highest BCUT2D eigenvalue weighted by Gasteiger charge is 2.50. The molecule has 0 aliphatic carbocycles. The van der Waals surface area contributed by atoms with Crippen molar-refractivity contribution in [1.82, 2.24) is 0 Å². The summed E-state index contributed by atoms with van der Waals surface area (Å²) >= 11 is 0. The average molecular weight is 347 g/mol. The molecule has 5 atom stereocenters. The van der Waals surface area contributed by atoms with Crippen molar-refractivity contribution in [3.8, 4) is 0 Å². The van der Waals surface area contributed by atoms with Crippen molar-refractivity contribution in [2.75, 3.05) is 6.61 Å². The lowest BCUT2D eigenvalue weighted by molar-refractivity contribution is -0.267. The number of nitrogens with two attached hydrogens (primary N) is 1. The van der Waals surface area contributed by atoms with E-state index in [-0.39, 0.29) is 6.61 Å². The summed E-state index contributed by atoms with van der Waals surface area (Å²) in [5, 5.41) is 0. The van der Waals surface area contributed by atoms with E-state index < -0.39 is 54.5 Å². The van der Waals surface area contributed by atoms with Crippen molar-refractivity contribution in [3.63, 3.8) is 0 Å². The molecule has 2 unspecified atom stereocenters. The molecule has 10 heteroatoms. The monoisotopic (exact) mass is 347 g/mol. The van der Waals surface area contributed by atoms with E-state index in [1.165, 1.54) is 6.92 Å². The van der Waals surface area contributed by atoms with Crippen molar-refractivity contribution in [1.29, 1.82) is 0 Å². The van der Waals surface area contributed by atoms with Crippen LogP contribution in [0.2, 0.25) is 0 Å². The molecule has 1 aliphatic rings. The molecule has 10 nitrogen and oxygen atoms in total. The van der Waals surface area contributed by atoms with Crippen LogP contribution in [0.25, 0.3) is 0 Å². The molecule has 2 N–H and O–H groups in total. The van der Waals surface area contributed by atoms with Gasteiger partial charge >= 0.3 is 23.9 Å². The van der Waals surface area contributed by atoms with Crippen LogP contribution < -0.4 is 5.73 Å². The van der Waals surface area contributed by atoms with Crippen LogP contribution in [0.4, 0.5) is 0 Å². The van der Waals surface area contributed by atoms with Crippen molar-refractivity contribution in [3.05, 3.63) is 0 Å². The maximum Gasteiger partial charge on any atom is 0.304 e. The molecule has 0 aromatic carbocycles. The fourth-order valence-corrected chi connectivity index (χ4v) is 2.20. The quantitative estimate of drug-likeness (QED) is 0.487. The number of hydrogen-bond acceptors (Lipinski definition) is 10. The molecule has 0 saturated carbocycles. The van der Waals surface area contributed by atoms with Gasteiger partial charge in [-0.05, 0) is 0 Å². The molecule has 0 radical (unpaired) electrons. The van der Waals surface area contributed by atoms with Crippen LogP contribution in [0, 0.1) is 0 Å². The number of rotatable bonds is 5. The van der Waals surface area contributed by atoms with Crippen molar-refractivity contribution >= 4 is 23.9 Å². The fraction of sp³-hybridized carbons (Fsp3) is 0.714. The van der Waals surface area contributed by atoms with Crippen LogP contribution in [0.15, 0.2) is 0 Å². The molecule has 136 valence electrons. The maximum atomic E-state index is 11.3. The second kappa shape index (κ2) is 8.60. The standard InChI is InChI=1S/C14H21NO9/c1-6(16)20-5-10-12(21-7(2)17)13(22-8(3)18)11(15)14(24-10)23-9(4)19/h10-14H,5,15H2,1-4H3/t10?,11-,12-,13?,14+/m0/s1. The topological polar surface area (TPSA) is 140 Å². The number of ether oxygens (including phenoxy) is 5. The molecule has 0 amide bonds. The van der Waals surface area contributed by atoms with Crippen molar-refractivity contribution < 1.29 is 42.9 Å². The smallest absolute Gasteiger partial charge is 0.304 e. The summed E-state index contributed by atoms with van der Waals surface area (Å²) < 4.78 is 25.5. The third kappa shape index (κ3) is 5.78. The zero-order valence-electron chi connectivity index (χ0n) is 13.8. The Bertz CT molecular complexity index is 490. The largest absolute Gasteiger partial charge is 0.463 e. The second-order valence-corrected chi connectivity index (χ2v) is 5.18. The number of carbonyl (C=O) groups is 4. The van der Waals surface area contributed by atoms with Gasteiger partial charge in [-0.1, -0.05) is 0 Å². The highest BCUT2D eigenvalue weighted by molar-refractivity contribution is 5.68. The van der Waals surface area contributed by atoms with E-state index in [1.807, 2.05) is 0 Å². The second-order valence-electron chi connectivity index (χ2n) is 5.18. The molecule has 0 aromatic heterocycles. The molecule has 1 saturated heterocycles. The summed E-state index contributed by atoms with van der Waals surface area (Å²) in [6.45, 7) is 4.32. The Balaban J connectivity index is 3.08. The molecule has 0 bridgehead atoms. The molecule has 1 rings (SSSR count). The average Bonchev–Trinajstić information content (AvgIpc) is 2.42. The van der Waals surface area contributed by atoms with Gasteiger partial charge in [0.2, 0.25) is 6.29 Å². The zero-order chi connectivity index (χ0) is 18.4. The lowest BCUT2D eigenvalue weighted by Gasteiger charge is -2.42. The fourth-order valence-electron chi connectivity index (χ4n) is 2.20. The summed E-state index contributed by atoms with van der Waals surface area (Å²) in [7, 11) is 0. The Morgan fingerprint density at radius 1 is 0.833 bits per heavy atom. The first-order valence-corrected chi connectivity index (χ1v) is 7.18. The Morgan fingerprint density at radius 2 is 1.33 bits per heavy atom. The van der Waals surface area contributed by atoms with Crippen LogP contribution in [-0.2, 0) is 42.9 Å². The molecule has 1 aliphatic heterocycles. The molecule has 0 spiro atoms. The maximum absolute atomic E-state index is 11.3. The van der Waals surface area contributed by atoms with Gasteiger partial charge < -0.3 is 29.4 Å². The SMILES string of the molecule is CC(=O)OCC1O[C@@H](OC(C)=O)[C@@H](N)C(OC(C)=O)[C@H]1OC(C)=O. The summed E-state index contributed by atoms with van der Waals surface area (Å²) in [5.74, 6) is -2.62. The predicted molar refractivity (Wildman–Crippen MR) is 76.1 cm³/mol. The lowest BCUT2D eigenvalue weighted by atomic mass is 9.97. The Labute approximate surface area is 138 Å². The summed E-state index contributed by atoms with van der Waals surface area (Å²) in [6.07, 6.45) is -4.58. The first-order valence-electron chi connectivity index (χ1n) is 7.18. The Hall–Kier alpha value is -2.20. The van der Waals surface area contributed by atoms with Crippen LogP contribution in [0.3, 0.4) is 0 Å². The van der Waals surface area contributed by atoms with Crippen molar-refractivity contribution in [2.45, 2.75) is 58.3 Å². The summed E-state index contributed by atoms with van der Waals surface area (Å²) in [5.41, 5.74) is 5.93. The van der Waals surface area contributed by atoms with Crippen LogP contribution in [0.5, 0.6) is 0 Å². The van der Waals surface area contributed by atoms with Gasteiger partial charge in [0.05, 0.1) is 0 Å². The zero-order valence-corrected chi connectivity index (χ0v) is 13.8. The number of esters is 4. The molecular weight excluding hydrogens is 326 g/mol. The van der Waals surface area contributed by atoms with Crippen LogP contribution in [0.1, 0.15) is 27.7 Å². The van der Waals surface area contributed by atoms with Crippen molar-refractivity contribution in [2.24, 2.45) is 5.73 Å². The van der Waals surface area contributed by atoms with Gasteiger partial charge in [0.1, 0.15) is 18.8 Å². The first-order chi connectivity index (χ1) is 11.1. The van der Waals surface area contributed by atoms with E-state index >= 15 is 0 Å². The van der Waals surface area contributed by atoms with Crippen LogP contribution >= 0.6 is 0 Å². The first kappa shape index (κ1) is 19.8. The predicted octanol–water partition coefficient (Wildman–Crippen LogP) is -0.972. The van der Waals surface area contributed by atoms with E-state index in [0.29, 0.717) is 0 Å². The minimum Gasteiger partial charge on any atom is -0.463 e. The summed E-state index contributed by atoms with van der Waals surface area (Å²) in [4.78, 5) is 44.9. The van der Waals surface area contributed by atoms with Gasteiger partial charge in [-0.2, -0.15) is 0 Å². The summed E-state index contributed by atoms with van der Waals surface area (Å²) in [6, 6.07) is -1.10. The third-order valence-corrected chi connectivity index (χ3v) is 3.03. The van der Waals surface area contributed by atoms with Gasteiger partial charge in [-0.15, -0.1) is 0 Å². The normalized spacial score (nSPS) is 29.3. The Kier molecular flexibility index (Phi) is 7.11. The van der Waals surface area contributed by atoms with Gasteiger partial charge in [0, 0.05) is 27.7 Å². The minimum absolute atomic E-state index is 0.310. The van der Waals surface area contributed by atoms with E-state index in [4.69, 9.17) is 29.4 Å². The molecular formula is C14H21NO9. The molecule has 0 aromatic rings. The van der Waals surface area contributed by atoms with E-state index in [1.54, 1.807) is 0 Å². The van der Waals surface area contributed by atoms with E-state index in [0.717, 1.165) is 20.8 Å². The number of hydrogen-bond donors (Lipinski definition) is 1. The molecule has 24 heavy (non-hydrogen) atoms. The highest BCUT2D eigenvalue weighted by atomic mass is 16.7. The van der Waals surface area contributed by atoms with Gasteiger partial charge in [0.15, 0.2) is 12.2 Å². The van der Waals surface area contributed by atoms with Gasteiger partial charge in [-0.25, -0.2) is 0 Å². The van der Waals surface area contributed by atoms with E-state index in [2.05, 4.69) is 0 Å².